The van der Waals surface area contributed by atoms with Gasteiger partial charge in [0.05, 0.1) is 5.02 Å². The average molecular weight is 335 g/mol. The number of rotatable bonds is 5. The number of hydrogen-bond donors (Lipinski definition) is 2. The molecule has 3 N–H and O–H groups in total. The molecule has 0 aliphatic rings. The van der Waals surface area contributed by atoms with Gasteiger partial charge in [0, 0.05) is 5.02 Å². The van der Waals surface area contributed by atoms with Gasteiger partial charge in [-0.2, -0.15) is 0 Å². The molecule has 0 saturated carbocycles. The molecule has 1 rings (SSSR count). The van der Waals surface area contributed by atoms with E-state index >= 15 is 0 Å². The van der Waals surface area contributed by atoms with Gasteiger partial charge in [0.2, 0.25) is 0 Å². The van der Waals surface area contributed by atoms with E-state index in [9.17, 15) is 14.4 Å². The number of nitrogens with one attached hydrogen (secondary N) is 1. The first kappa shape index (κ1) is 17.1. The Bertz CT molecular complexity index is 565. The number of esters is 1. The van der Waals surface area contributed by atoms with Crippen molar-refractivity contribution in [3.05, 3.63) is 28.2 Å². The Balaban J connectivity index is 2.47. The minimum absolute atomic E-state index is 0.231. The van der Waals surface area contributed by atoms with E-state index in [1.54, 1.807) is 5.32 Å². The number of urea groups is 1. The zero-order valence-corrected chi connectivity index (χ0v) is 12.4. The van der Waals surface area contributed by atoms with Crippen molar-refractivity contribution in [3.8, 4) is 5.75 Å². The van der Waals surface area contributed by atoms with Crippen molar-refractivity contribution in [1.82, 2.24) is 5.32 Å². The van der Waals surface area contributed by atoms with E-state index in [1.165, 1.54) is 25.1 Å². The first-order valence-corrected chi connectivity index (χ1v) is 6.43. The highest BCUT2D eigenvalue weighted by Crippen LogP contribution is 2.27. The van der Waals surface area contributed by atoms with Crippen LogP contribution in [0.25, 0.3) is 0 Å². The van der Waals surface area contributed by atoms with Gasteiger partial charge in [-0.05, 0) is 25.1 Å². The van der Waals surface area contributed by atoms with Crippen LogP contribution in [0.4, 0.5) is 4.79 Å². The van der Waals surface area contributed by atoms with Crippen LogP contribution in [0.15, 0.2) is 18.2 Å². The quantitative estimate of drug-likeness (QED) is 0.793. The van der Waals surface area contributed by atoms with Crippen LogP contribution in [0.2, 0.25) is 10.0 Å². The maximum atomic E-state index is 11.5. The van der Waals surface area contributed by atoms with Crippen LogP contribution in [0, 0.1) is 0 Å². The van der Waals surface area contributed by atoms with Crippen LogP contribution in [0.5, 0.6) is 5.75 Å². The van der Waals surface area contributed by atoms with Crippen molar-refractivity contribution >= 4 is 41.1 Å². The van der Waals surface area contributed by atoms with Crippen molar-refractivity contribution in [2.75, 3.05) is 6.61 Å². The van der Waals surface area contributed by atoms with Crippen LogP contribution in [0.3, 0.4) is 0 Å². The number of carbonyl (C=O) groups is 3. The summed E-state index contributed by atoms with van der Waals surface area (Å²) in [7, 11) is 0. The molecular formula is C12H12Cl2N2O5. The summed E-state index contributed by atoms with van der Waals surface area (Å²) in [5.74, 6) is -1.40. The molecule has 0 spiro atoms. The summed E-state index contributed by atoms with van der Waals surface area (Å²) in [5, 5.41) is 2.44. The molecule has 1 aromatic rings. The number of nitrogens with two attached hydrogens (primary N) is 1. The molecule has 0 radical (unpaired) electrons. The summed E-state index contributed by atoms with van der Waals surface area (Å²) < 4.78 is 9.87. The third-order valence-corrected chi connectivity index (χ3v) is 2.69. The predicted molar refractivity (Wildman–Crippen MR) is 75.2 cm³/mol. The number of hydrogen-bond acceptors (Lipinski definition) is 5. The van der Waals surface area contributed by atoms with Crippen LogP contribution >= 0.6 is 23.2 Å². The lowest BCUT2D eigenvalue weighted by molar-refractivity contribution is -0.156. The molecule has 0 bridgehead atoms. The molecule has 3 amide bonds. The number of halogens is 2. The van der Waals surface area contributed by atoms with Crippen molar-refractivity contribution < 1.29 is 23.9 Å². The number of amides is 3. The third kappa shape index (κ3) is 5.88. The van der Waals surface area contributed by atoms with E-state index in [4.69, 9.17) is 38.4 Å². The lowest BCUT2D eigenvalue weighted by atomic mass is 10.3. The molecule has 0 aromatic heterocycles. The SMILES string of the molecule is C[C@H](OC(=O)COc1ccc(Cl)cc1Cl)C(=O)NC(N)=O. The van der Waals surface area contributed by atoms with Gasteiger partial charge in [-0.1, -0.05) is 23.2 Å². The fourth-order valence-electron chi connectivity index (χ4n) is 1.24. The van der Waals surface area contributed by atoms with Crippen LogP contribution < -0.4 is 15.8 Å². The van der Waals surface area contributed by atoms with Crippen LogP contribution in [-0.4, -0.2) is 30.6 Å². The molecule has 1 aromatic carbocycles. The number of ether oxygens (including phenoxy) is 2. The molecule has 1 atom stereocenters. The first-order chi connectivity index (χ1) is 9.79. The Hall–Kier alpha value is -1.99. The Morgan fingerprint density at radius 2 is 2.00 bits per heavy atom. The zero-order chi connectivity index (χ0) is 16.0. The summed E-state index contributed by atoms with van der Waals surface area (Å²) in [6.07, 6.45) is -1.19. The molecule has 0 unspecified atom stereocenters. The second kappa shape index (κ2) is 7.70. The molecule has 9 heteroatoms. The zero-order valence-electron chi connectivity index (χ0n) is 10.9. The van der Waals surface area contributed by atoms with E-state index in [0.717, 1.165) is 0 Å². The van der Waals surface area contributed by atoms with Gasteiger partial charge in [-0.25, -0.2) is 9.59 Å². The van der Waals surface area contributed by atoms with E-state index < -0.39 is 30.6 Å². The number of carbonyl (C=O) groups excluding carboxylic acids is 3. The normalized spacial score (nSPS) is 11.4. The second-order valence-corrected chi connectivity index (χ2v) is 4.69. The highest BCUT2D eigenvalue weighted by molar-refractivity contribution is 6.35. The Labute approximate surface area is 130 Å². The van der Waals surface area contributed by atoms with Gasteiger partial charge in [-0.15, -0.1) is 0 Å². The minimum Gasteiger partial charge on any atom is -0.480 e. The van der Waals surface area contributed by atoms with Crippen LogP contribution in [-0.2, 0) is 14.3 Å². The summed E-state index contributed by atoms with van der Waals surface area (Å²) in [4.78, 5) is 33.2. The molecule has 0 fully saturated rings. The Morgan fingerprint density at radius 3 is 2.57 bits per heavy atom. The van der Waals surface area contributed by atoms with Gasteiger partial charge < -0.3 is 15.2 Å². The molecule has 0 aliphatic carbocycles. The fraction of sp³-hybridized carbons (Fsp3) is 0.250. The summed E-state index contributed by atoms with van der Waals surface area (Å²) in [5.41, 5.74) is 4.76. The van der Waals surface area contributed by atoms with Gasteiger partial charge >= 0.3 is 12.0 Å². The van der Waals surface area contributed by atoms with E-state index in [1.807, 2.05) is 0 Å². The van der Waals surface area contributed by atoms with Crippen molar-refractivity contribution in [3.63, 3.8) is 0 Å². The first-order valence-electron chi connectivity index (χ1n) is 5.67. The topological polar surface area (TPSA) is 108 Å². The molecule has 0 saturated heterocycles. The van der Waals surface area contributed by atoms with Gasteiger partial charge in [0.15, 0.2) is 12.7 Å². The van der Waals surface area contributed by atoms with E-state index in [-0.39, 0.29) is 10.8 Å². The van der Waals surface area contributed by atoms with E-state index in [2.05, 4.69) is 0 Å². The molecule has 114 valence electrons. The van der Waals surface area contributed by atoms with Crippen molar-refractivity contribution in [1.29, 1.82) is 0 Å². The molecule has 0 aliphatic heterocycles. The summed E-state index contributed by atoms with van der Waals surface area (Å²) in [6.45, 7) is 0.820. The minimum atomic E-state index is -1.19. The third-order valence-electron chi connectivity index (χ3n) is 2.16. The highest BCUT2D eigenvalue weighted by atomic mass is 35.5. The summed E-state index contributed by atoms with van der Waals surface area (Å²) >= 11 is 11.6. The number of imide groups is 1. The average Bonchev–Trinajstić information content (AvgIpc) is 2.36. The molecule has 0 heterocycles. The second-order valence-electron chi connectivity index (χ2n) is 3.85. The van der Waals surface area contributed by atoms with Gasteiger partial charge in [-0.3, -0.25) is 10.1 Å². The van der Waals surface area contributed by atoms with Crippen LogP contribution in [0.1, 0.15) is 6.92 Å². The smallest absolute Gasteiger partial charge is 0.344 e. The van der Waals surface area contributed by atoms with Gasteiger partial charge in [0.1, 0.15) is 5.75 Å². The Kier molecular flexibility index (Phi) is 6.26. The number of primary amides is 1. The number of benzene rings is 1. The fourth-order valence-corrected chi connectivity index (χ4v) is 1.70. The monoisotopic (exact) mass is 334 g/mol. The Morgan fingerprint density at radius 1 is 1.33 bits per heavy atom. The van der Waals surface area contributed by atoms with Gasteiger partial charge in [0.25, 0.3) is 5.91 Å². The van der Waals surface area contributed by atoms with Crippen molar-refractivity contribution in [2.45, 2.75) is 13.0 Å². The largest absolute Gasteiger partial charge is 0.480 e. The maximum Gasteiger partial charge on any atom is 0.344 e. The standard InChI is InChI=1S/C12H12Cl2N2O5/c1-6(11(18)16-12(15)19)21-10(17)5-20-9-3-2-7(13)4-8(9)14/h2-4,6H,5H2,1H3,(H3,15,16,18,19)/t6-/m0/s1. The molecule has 21 heavy (non-hydrogen) atoms. The molecule has 7 nitrogen and oxygen atoms in total. The van der Waals surface area contributed by atoms with Crippen molar-refractivity contribution in [2.24, 2.45) is 5.73 Å². The predicted octanol–water partition coefficient (Wildman–Crippen LogP) is 1.50. The molecular weight excluding hydrogens is 323 g/mol. The lowest BCUT2D eigenvalue weighted by Crippen LogP contribution is -2.42. The van der Waals surface area contributed by atoms with E-state index in [0.29, 0.717) is 5.02 Å². The lowest BCUT2D eigenvalue weighted by Gasteiger charge is -2.13. The highest BCUT2D eigenvalue weighted by Gasteiger charge is 2.19. The summed E-state index contributed by atoms with van der Waals surface area (Å²) in [6, 6.07) is 3.44. The maximum absolute atomic E-state index is 11.5.